The van der Waals surface area contributed by atoms with Crippen LogP contribution in [0.1, 0.15) is 140 Å². The quantitative estimate of drug-likeness (QED) is 0.177. The standard InChI is InChI=1S/C56H61N/c1-51(2)25-27-53(5,6)49-41(51)18-13-21-44(49)57(45-22-14-19-42-50(45)54(7,8)28-26-52(42,3)4)43-20-12-17-40-48(43)38-31-36(35-15-10-9-11-16-35)23-24-39(38)56(40)46-30-34-29-37-32-47(56)55(37,46)33-34/h9-24,31,34,37,46-47H,25-30,32-33H2,1-8H3. The van der Waals surface area contributed by atoms with Gasteiger partial charge < -0.3 is 4.90 Å². The number of hydrogen-bond acceptors (Lipinski definition) is 1. The molecule has 290 valence electrons. The lowest BCUT2D eigenvalue weighted by molar-refractivity contribution is -0.231. The summed E-state index contributed by atoms with van der Waals surface area (Å²) in [5.74, 6) is 3.44. The summed E-state index contributed by atoms with van der Waals surface area (Å²) in [5, 5.41) is 0. The molecule has 12 rings (SSSR count). The molecule has 6 atom stereocenters. The van der Waals surface area contributed by atoms with E-state index in [0.717, 1.165) is 23.7 Å². The summed E-state index contributed by atoms with van der Waals surface area (Å²) in [6.45, 7) is 20.1. The third kappa shape index (κ3) is 4.18. The fraction of sp³-hybridized carbons (Fsp3) is 0.464. The van der Waals surface area contributed by atoms with E-state index in [1.807, 2.05) is 0 Å². The zero-order valence-corrected chi connectivity index (χ0v) is 35.7. The van der Waals surface area contributed by atoms with Crippen molar-refractivity contribution in [3.63, 3.8) is 0 Å². The van der Waals surface area contributed by atoms with Gasteiger partial charge in [0.15, 0.2) is 0 Å². The topological polar surface area (TPSA) is 3.24 Å². The Hall–Kier alpha value is -4.10. The zero-order valence-electron chi connectivity index (χ0n) is 35.7. The third-order valence-corrected chi connectivity index (χ3v) is 18.2. The van der Waals surface area contributed by atoms with Gasteiger partial charge in [0.25, 0.3) is 0 Å². The van der Waals surface area contributed by atoms with Gasteiger partial charge in [0.1, 0.15) is 0 Å². The van der Waals surface area contributed by atoms with Crippen molar-refractivity contribution >= 4 is 17.1 Å². The Bertz CT molecular complexity index is 2450. The van der Waals surface area contributed by atoms with E-state index in [-0.39, 0.29) is 27.1 Å². The lowest BCUT2D eigenvalue weighted by atomic mass is 9.27. The minimum Gasteiger partial charge on any atom is -0.309 e. The second kappa shape index (κ2) is 10.9. The predicted molar refractivity (Wildman–Crippen MR) is 238 cm³/mol. The Balaban J connectivity index is 1.19. The monoisotopic (exact) mass is 747 g/mol. The Morgan fingerprint density at radius 3 is 1.65 bits per heavy atom. The van der Waals surface area contributed by atoms with Gasteiger partial charge in [-0.2, -0.15) is 0 Å². The predicted octanol–water partition coefficient (Wildman–Crippen LogP) is 14.9. The smallest absolute Gasteiger partial charge is 0.0543 e. The number of hydrogen-bond donors (Lipinski definition) is 0. The molecule has 0 aromatic heterocycles. The van der Waals surface area contributed by atoms with Gasteiger partial charge in [0.2, 0.25) is 0 Å². The van der Waals surface area contributed by atoms with E-state index >= 15 is 0 Å². The second-order valence-electron chi connectivity index (χ2n) is 22.7. The van der Waals surface area contributed by atoms with Crippen molar-refractivity contribution in [3.05, 3.63) is 137 Å². The summed E-state index contributed by atoms with van der Waals surface area (Å²) in [7, 11) is 0. The fourth-order valence-electron chi connectivity index (χ4n) is 15.6. The van der Waals surface area contributed by atoms with E-state index in [9.17, 15) is 0 Å². The van der Waals surface area contributed by atoms with Crippen molar-refractivity contribution in [1.29, 1.82) is 0 Å². The molecular weight excluding hydrogens is 687 g/mol. The molecule has 0 N–H and O–H groups in total. The first-order valence-corrected chi connectivity index (χ1v) is 22.6. The Kier molecular flexibility index (Phi) is 6.69. The Morgan fingerprint density at radius 1 is 0.474 bits per heavy atom. The lowest BCUT2D eigenvalue weighted by Crippen LogP contribution is -2.73. The number of anilines is 3. The molecule has 7 aliphatic carbocycles. The minimum atomic E-state index is 0.0469. The van der Waals surface area contributed by atoms with Gasteiger partial charge in [-0.15, -0.1) is 0 Å². The summed E-state index contributed by atoms with van der Waals surface area (Å²) in [4.78, 5) is 2.83. The zero-order chi connectivity index (χ0) is 39.1. The molecule has 2 spiro atoms. The molecule has 0 radical (unpaired) electrons. The highest BCUT2D eigenvalue weighted by Gasteiger charge is 2.84. The van der Waals surface area contributed by atoms with Crippen LogP contribution in [0.5, 0.6) is 0 Å². The molecule has 1 heteroatoms. The molecule has 2 bridgehead atoms. The van der Waals surface area contributed by atoms with Gasteiger partial charge >= 0.3 is 0 Å². The molecule has 7 aliphatic rings. The van der Waals surface area contributed by atoms with Gasteiger partial charge in [-0.3, -0.25) is 0 Å². The van der Waals surface area contributed by atoms with Crippen LogP contribution < -0.4 is 4.90 Å². The normalized spacial score (nSPS) is 31.6. The molecule has 0 aliphatic heterocycles. The maximum Gasteiger partial charge on any atom is 0.0543 e. The van der Waals surface area contributed by atoms with Crippen molar-refractivity contribution in [2.24, 2.45) is 29.1 Å². The molecular formula is C56H61N. The number of nitrogens with zero attached hydrogens (tertiary/aromatic N) is 1. The molecule has 57 heavy (non-hydrogen) atoms. The van der Waals surface area contributed by atoms with Crippen LogP contribution in [0.15, 0.2) is 103 Å². The van der Waals surface area contributed by atoms with Gasteiger partial charge in [0.05, 0.1) is 17.1 Å². The second-order valence-corrected chi connectivity index (χ2v) is 22.7. The first kappa shape index (κ1) is 34.9. The molecule has 6 unspecified atom stereocenters. The molecule has 4 saturated carbocycles. The lowest BCUT2D eigenvalue weighted by Gasteiger charge is -2.76. The Morgan fingerprint density at radius 2 is 1.04 bits per heavy atom. The summed E-state index contributed by atoms with van der Waals surface area (Å²) < 4.78 is 0. The van der Waals surface area contributed by atoms with E-state index in [2.05, 4.69) is 163 Å². The first-order valence-electron chi connectivity index (χ1n) is 22.6. The molecule has 1 nitrogen and oxygen atoms in total. The van der Waals surface area contributed by atoms with Gasteiger partial charge in [-0.25, -0.2) is 0 Å². The summed E-state index contributed by atoms with van der Waals surface area (Å²) in [6, 6.07) is 41.2. The van der Waals surface area contributed by atoms with Crippen LogP contribution in [0, 0.1) is 29.1 Å². The van der Waals surface area contributed by atoms with Crippen molar-refractivity contribution < 1.29 is 0 Å². The maximum absolute atomic E-state index is 2.83. The molecule has 5 aromatic carbocycles. The Labute approximate surface area is 342 Å². The SMILES string of the molecule is CC1(C)CCC(C)(C)c2c(N(c3cccc4c3-c3cc(-c5ccccc5)ccc3C43C4CC5CC6CC3C64C5)c3cccc4c3C(C)(C)CCC4(C)C)cccc21. The van der Waals surface area contributed by atoms with Gasteiger partial charge in [-0.1, -0.05) is 134 Å². The third-order valence-electron chi connectivity index (χ3n) is 18.2. The maximum atomic E-state index is 2.83. The van der Waals surface area contributed by atoms with E-state index in [4.69, 9.17) is 0 Å². The van der Waals surface area contributed by atoms with Crippen LogP contribution in [-0.4, -0.2) is 0 Å². The molecule has 4 fully saturated rings. The summed E-state index contributed by atoms with van der Waals surface area (Å²) in [5.41, 5.74) is 20.3. The highest BCUT2D eigenvalue weighted by atomic mass is 15.2. The average Bonchev–Trinajstić information content (AvgIpc) is 3.83. The largest absolute Gasteiger partial charge is 0.309 e. The van der Waals surface area contributed by atoms with Crippen molar-refractivity contribution in [3.8, 4) is 22.3 Å². The van der Waals surface area contributed by atoms with E-state index < -0.39 is 0 Å². The molecule has 0 saturated heterocycles. The number of benzene rings is 5. The van der Waals surface area contributed by atoms with Crippen molar-refractivity contribution in [2.45, 2.75) is 134 Å². The van der Waals surface area contributed by atoms with Crippen LogP contribution in [0.25, 0.3) is 22.3 Å². The van der Waals surface area contributed by atoms with Gasteiger partial charge in [0, 0.05) is 11.0 Å². The first-order chi connectivity index (χ1) is 27.2. The molecule has 5 aromatic rings. The van der Waals surface area contributed by atoms with Crippen molar-refractivity contribution in [2.75, 3.05) is 4.90 Å². The minimum absolute atomic E-state index is 0.0469. The summed E-state index contributed by atoms with van der Waals surface area (Å²) >= 11 is 0. The average molecular weight is 748 g/mol. The fourth-order valence-corrected chi connectivity index (χ4v) is 15.6. The van der Waals surface area contributed by atoms with Crippen LogP contribution in [-0.2, 0) is 27.1 Å². The highest BCUT2D eigenvalue weighted by Crippen LogP contribution is 2.90. The van der Waals surface area contributed by atoms with E-state index in [1.165, 1.54) is 102 Å². The van der Waals surface area contributed by atoms with E-state index in [1.54, 1.807) is 22.3 Å². The van der Waals surface area contributed by atoms with Crippen LogP contribution in [0.4, 0.5) is 17.1 Å². The molecule has 0 amide bonds. The number of fused-ring (bicyclic) bond motifs is 10. The van der Waals surface area contributed by atoms with Crippen LogP contribution in [0.3, 0.4) is 0 Å². The number of rotatable bonds is 4. The highest BCUT2D eigenvalue weighted by molar-refractivity contribution is 5.98. The summed E-state index contributed by atoms with van der Waals surface area (Å²) in [6.07, 6.45) is 10.6. The van der Waals surface area contributed by atoms with Crippen LogP contribution in [0.2, 0.25) is 0 Å². The van der Waals surface area contributed by atoms with Gasteiger partial charge in [-0.05, 0) is 176 Å². The molecule has 0 heterocycles. The van der Waals surface area contributed by atoms with E-state index in [0.29, 0.717) is 5.41 Å². The van der Waals surface area contributed by atoms with Crippen LogP contribution >= 0.6 is 0 Å². The van der Waals surface area contributed by atoms with Crippen molar-refractivity contribution in [1.82, 2.24) is 0 Å².